The number of ether oxygens (including phenoxy) is 2. The number of rotatable bonds is 0. The van der Waals surface area contributed by atoms with Gasteiger partial charge in [-0.15, -0.1) is 0 Å². The lowest BCUT2D eigenvalue weighted by Crippen LogP contribution is -2.06. The maximum absolute atomic E-state index is 5.18. The van der Waals surface area contributed by atoms with Crippen molar-refractivity contribution in [2.45, 2.75) is 20.8 Å². The molecule has 0 saturated carbocycles. The monoisotopic (exact) mass is 146 g/mol. The second kappa shape index (κ2) is 7.03. The van der Waals surface area contributed by atoms with E-state index in [4.69, 9.17) is 9.47 Å². The number of hydrogen-bond donors (Lipinski definition) is 0. The predicted octanol–water partition coefficient (Wildman–Crippen LogP) is 1.70. The van der Waals surface area contributed by atoms with Gasteiger partial charge < -0.3 is 9.47 Å². The van der Waals surface area contributed by atoms with Crippen LogP contribution in [0.4, 0.5) is 0 Å². The first kappa shape index (κ1) is 9.92. The largest absolute Gasteiger partial charge is 0.379 e. The van der Waals surface area contributed by atoms with E-state index in [2.05, 4.69) is 6.92 Å². The summed E-state index contributed by atoms with van der Waals surface area (Å²) in [7, 11) is 0. The minimum Gasteiger partial charge on any atom is -0.379 e. The van der Waals surface area contributed by atoms with Crippen LogP contribution in [0, 0.1) is 5.92 Å². The van der Waals surface area contributed by atoms with Crippen molar-refractivity contribution in [1.82, 2.24) is 0 Å². The van der Waals surface area contributed by atoms with Crippen molar-refractivity contribution in [3.05, 3.63) is 0 Å². The van der Waals surface area contributed by atoms with Crippen LogP contribution < -0.4 is 0 Å². The molecule has 0 atom stereocenters. The average Bonchev–Trinajstić information content (AvgIpc) is 2.21. The third-order valence-electron chi connectivity index (χ3n) is 1.18. The van der Waals surface area contributed by atoms with E-state index in [1.807, 2.05) is 13.8 Å². The van der Waals surface area contributed by atoms with Crippen LogP contribution in [0.5, 0.6) is 0 Å². The van der Waals surface area contributed by atoms with Gasteiger partial charge in [-0.2, -0.15) is 0 Å². The second-order valence-electron chi connectivity index (χ2n) is 2.26. The lowest BCUT2D eigenvalue weighted by atomic mass is 10.2. The van der Waals surface area contributed by atoms with E-state index in [1.54, 1.807) is 0 Å². The molecule has 0 aromatic heterocycles. The Bertz CT molecular complexity index is 56.3. The Kier molecular flexibility index (Phi) is 6.98. The summed E-state index contributed by atoms with van der Waals surface area (Å²) in [6.07, 6.45) is 0. The fraction of sp³-hybridized carbons (Fsp3) is 1.00. The molecule has 0 aromatic rings. The first-order chi connectivity index (χ1) is 4.89. The van der Waals surface area contributed by atoms with Crippen molar-refractivity contribution in [1.29, 1.82) is 0 Å². The van der Waals surface area contributed by atoms with Gasteiger partial charge in [-0.25, -0.2) is 0 Å². The molecule has 0 radical (unpaired) electrons. The molecule has 62 valence electrons. The summed E-state index contributed by atoms with van der Waals surface area (Å²) in [6.45, 7) is 9.39. The zero-order valence-electron chi connectivity index (χ0n) is 7.22. The fourth-order valence-electron chi connectivity index (χ4n) is 0.735. The van der Waals surface area contributed by atoms with Crippen LogP contribution >= 0.6 is 0 Å². The van der Waals surface area contributed by atoms with E-state index in [1.165, 1.54) is 0 Å². The van der Waals surface area contributed by atoms with Crippen LogP contribution in [0.25, 0.3) is 0 Å². The summed E-state index contributed by atoms with van der Waals surface area (Å²) in [5.41, 5.74) is 0. The van der Waals surface area contributed by atoms with E-state index in [0.29, 0.717) is 5.92 Å². The summed E-state index contributed by atoms with van der Waals surface area (Å²) in [5.74, 6) is 0.581. The molecule has 2 heteroatoms. The molecule has 0 bridgehead atoms. The Morgan fingerprint density at radius 2 is 1.40 bits per heavy atom. The second-order valence-corrected chi connectivity index (χ2v) is 2.26. The van der Waals surface area contributed by atoms with Crippen molar-refractivity contribution in [3.8, 4) is 0 Å². The Labute approximate surface area is 63.5 Å². The van der Waals surface area contributed by atoms with Crippen molar-refractivity contribution in [3.63, 3.8) is 0 Å². The summed E-state index contributed by atoms with van der Waals surface area (Å²) in [4.78, 5) is 0. The summed E-state index contributed by atoms with van der Waals surface area (Å²) < 4.78 is 10.4. The highest BCUT2D eigenvalue weighted by molar-refractivity contribution is 4.51. The Morgan fingerprint density at radius 3 is 1.80 bits per heavy atom. The Hall–Kier alpha value is -0.0800. The van der Waals surface area contributed by atoms with Gasteiger partial charge in [0.2, 0.25) is 0 Å². The van der Waals surface area contributed by atoms with E-state index in [-0.39, 0.29) is 0 Å². The Balaban J connectivity index is 0.000000371. The van der Waals surface area contributed by atoms with Gasteiger partial charge in [0.05, 0.1) is 26.4 Å². The lowest BCUT2D eigenvalue weighted by Gasteiger charge is -2.02. The van der Waals surface area contributed by atoms with Crippen molar-refractivity contribution in [2.24, 2.45) is 5.92 Å². The molecule has 0 aromatic carbocycles. The molecular weight excluding hydrogens is 128 g/mol. The van der Waals surface area contributed by atoms with Crippen LogP contribution in [-0.2, 0) is 9.47 Å². The molecule has 0 spiro atoms. The van der Waals surface area contributed by atoms with Crippen LogP contribution in [0.2, 0.25) is 0 Å². The molecule has 1 rings (SSSR count). The summed E-state index contributed by atoms with van der Waals surface area (Å²) in [6, 6.07) is 0. The molecule has 2 nitrogen and oxygen atoms in total. The molecule has 0 unspecified atom stereocenters. The van der Waals surface area contributed by atoms with Gasteiger partial charge in [-0.1, -0.05) is 20.8 Å². The molecule has 0 aliphatic carbocycles. The van der Waals surface area contributed by atoms with Crippen LogP contribution in [0.3, 0.4) is 0 Å². The zero-order chi connectivity index (χ0) is 7.82. The van der Waals surface area contributed by atoms with Gasteiger partial charge >= 0.3 is 0 Å². The maximum atomic E-state index is 5.18. The minimum absolute atomic E-state index is 0.581. The summed E-state index contributed by atoms with van der Waals surface area (Å²) >= 11 is 0. The molecule has 1 saturated heterocycles. The van der Waals surface area contributed by atoms with Crippen LogP contribution in [0.1, 0.15) is 20.8 Å². The number of hydrogen-bond acceptors (Lipinski definition) is 2. The lowest BCUT2D eigenvalue weighted by molar-refractivity contribution is 0.103. The van der Waals surface area contributed by atoms with E-state index in [9.17, 15) is 0 Å². The SMILES string of the molecule is CC.CC1COCCOC1. The standard InChI is InChI=1S/C6H12O2.C2H6/c1-6-4-7-2-3-8-5-6;1-2/h6H,2-5H2,1H3;1-2H3. The molecular formula is C8H18O2. The molecule has 1 fully saturated rings. The molecule has 0 N–H and O–H groups in total. The predicted molar refractivity (Wildman–Crippen MR) is 42.2 cm³/mol. The molecule has 1 heterocycles. The van der Waals surface area contributed by atoms with E-state index >= 15 is 0 Å². The highest BCUT2D eigenvalue weighted by Gasteiger charge is 2.05. The first-order valence-electron chi connectivity index (χ1n) is 4.05. The normalized spacial score (nSPS) is 20.7. The average molecular weight is 146 g/mol. The smallest absolute Gasteiger partial charge is 0.0700 e. The fourth-order valence-corrected chi connectivity index (χ4v) is 0.735. The van der Waals surface area contributed by atoms with Gasteiger partial charge in [-0.05, 0) is 0 Å². The molecule has 1 aliphatic rings. The van der Waals surface area contributed by atoms with E-state index < -0.39 is 0 Å². The quantitative estimate of drug-likeness (QED) is 0.518. The first-order valence-corrected chi connectivity index (χ1v) is 4.05. The van der Waals surface area contributed by atoms with Gasteiger partial charge in [0, 0.05) is 5.92 Å². The Morgan fingerprint density at radius 1 is 1.00 bits per heavy atom. The van der Waals surface area contributed by atoms with Crippen LogP contribution in [-0.4, -0.2) is 26.4 Å². The highest BCUT2D eigenvalue weighted by Crippen LogP contribution is 2.00. The van der Waals surface area contributed by atoms with Gasteiger partial charge in [-0.3, -0.25) is 0 Å². The molecule has 0 amide bonds. The topological polar surface area (TPSA) is 18.5 Å². The minimum atomic E-state index is 0.581. The van der Waals surface area contributed by atoms with Crippen LogP contribution in [0.15, 0.2) is 0 Å². The van der Waals surface area contributed by atoms with Gasteiger partial charge in [0.25, 0.3) is 0 Å². The van der Waals surface area contributed by atoms with Gasteiger partial charge in [0.15, 0.2) is 0 Å². The van der Waals surface area contributed by atoms with Crippen molar-refractivity contribution < 1.29 is 9.47 Å². The third-order valence-corrected chi connectivity index (χ3v) is 1.18. The van der Waals surface area contributed by atoms with E-state index in [0.717, 1.165) is 26.4 Å². The highest BCUT2D eigenvalue weighted by atomic mass is 16.5. The molecule has 1 aliphatic heterocycles. The van der Waals surface area contributed by atoms with Crippen molar-refractivity contribution in [2.75, 3.05) is 26.4 Å². The van der Waals surface area contributed by atoms with Gasteiger partial charge in [0.1, 0.15) is 0 Å². The third kappa shape index (κ3) is 4.77. The molecule has 10 heavy (non-hydrogen) atoms. The zero-order valence-corrected chi connectivity index (χ0v) is 7.22. The maximum Gasteiger partial charge on any atom is 0.0700 e. The summed E-state index contributed by atoms with van der Waals surface area (Å²) in [5, 5.41) is 0. The van der Waals surface area contributed by atoms with Crippen molar-refractivity contribution >= 4 is 0 Å².